The maximum Gasteiger partial charge on any atom is 0.229 e. The lowest BCUT2D eigenvalue weighted by atomic mass is 9.94. The van der Waals surface area contributed by atoms with Gasteiger partial charge in [0.05, 0.1) is 24.9 Å². The number of benzene rings is 1. The number of anilines is 2. The third-order valence-electron chi connectivity index (χ3n) is 7.83. The lowest BCUT2D eigenvalue weighted by Crippen LogP contribution is -2.48. The molecule has 0 bridgehead atoms. The monoisotopic (exact) mass is 547 g/mol. The molecule has 1 aromatic carbocycles. The topological polar surface area (TPSA) is 114 Å². The Balaban J connectivity index is 1.31. The summed E-state index contributed by atoms with van der Waals surface area (Å²) in [5.74, 6) is 1.62. The van der Waals surface area contributed by atoms with E-state index in [1.165, 1.54) is 0 Å². The number of ether oxygens (including phenoxy) is 1. The van der Waals surface area contributed by atoms with E-state index >= 15 is 0 Å². The van der Waals surface area contributed by atoms with Crippen molar-refractivity contribution in [1.29, 1.82) is 0 Å². The Hall–Kier alpha value is -3.53. The van der Waals surface area contributed by atoms with Gasteiger partial charge in [0.25, 0.3) is 0 Å². The fourth-order valence-corrected chi connectivity index (χ4v) is 5.64. The molecule has 2 fully saturated rings. The zero-order valence-electron chi connectivity index (χ0n) is 23.9. The fraction of sp³-hybridized carbons (Fsp3) is 0.567. The Bertz CT molecular complexity index is 1330. The van der Waals surface area contributed by atoms with Gasteiger partial charge in [0.1, 0.15) is 0 Å². The quantitative estimate of drug-likeness (QED) is 0.385. The third-order valence-corrected chi connectivity index (χ3v) is 7.83. The van der Waals surface area contributed by atoms with Crippen LogP contribution >= 0.6 is 0 Å². The van der Waals surface area contributed by atoms with Crippen LogP contribution in [-0.4, -0.2) is 68.0 Å². The molecule has 2 aliphatic heterocycles. The zero-order valence-corrected chi connectivity index (χ0v) is 23.9. The summed E-state index contributed by atoms with van der Waals surface area (Å²) in [5, 5.41) is 11.5. The minimum Gasteiger partial charge on any atom is -0.379 e. The van der Waals surface area contributed by atoms with Crippen LogP contribution < -0.4 is 10.6 Å². The van der Waals surface area contributed by atoms with Crippen LogP contribution in [0.1, 0.15) is 81.9 Å². The molecule has 2 aromatic heterocycles. The molecule has 10 heteroatoms. The van der Waals surface area contributed by atoms with E-state index < -0.39 is 0 Å². The molecule has 1 unspecified atom stereocenters. The summed E-state index contributed by atoms with van der Waals surface area (Å²) in [6.07, 6.45) is 7.34. The highest BCUT2D eigenvalue weighted by atomic mass is 16.5. The van der Waals surface area contributed by atoms with Gasteiger partial charge in [0, 0.05) is 38.1 Å². The van der Waals surface area contributed by atoms with Gasteiger partial charge in [-0.3, -0.25) is 9.59 Å². The van der Waals surface area contributed by atoms with E-state index in [9.17, 15) is 9.59 Å². The number of piperidine rings is 1. The molecule has 5 rings (SSSR count). The highest BCUT2D eigenvalue weighted by Gasteiger charge is 2.31. The summed E-state index contributed by atoms with van der Waals surface area (Å²) in [7, 11) is 0. The molecule has 214 valence electrons. The standard InChI is InChI=1S/C30H41N7O3/c1-4-27(39)36-13-6-5-12-25(36)26(38)16-21-9-7-10-22(15-21)17-31-30-35-29(33-23-11-8-14-40-19-23)34-28-24(20(2)3)18-32-37(28)30/h7,9-10,15,18,20,23,25H,4-6,8,11-14,16-17,19H2,1-3H3,(H2,31,33,34,35)/t23-,25?/m0/s1. The Morgan fingerprint density at radius 2 is 1.98 bits per heavy atom. The van der Waals surface area contributed by atoms with Crippen LogP contribution in [0.2, 0.25) is 0 Å². The number of aromatic nitrogens is 4. The van der Waals surface area contributed by atoms with Crippen molar-refractivity contribution in [3.05, 3.63) is 47.2 Å². The summed E-state index contributed by atoms with van der Waals surface area (Å²) in [4.78, 5) is 37.0. The molecule has 10 nitrogen and oxygen atoms in total. The number of amides is 1. The SMILES string of the molecule is CCC(=O)N1CCCCC1C(=O)Cc1cccc(CNc2nc(N[C@H]3CCCOC3)nc3c(C(C)C)cnn23)c1. The molecular weight excluding hydrogens is 506 g/mol. The molecule has 2 atom stereocenters. The van der Waals surface area contributed by atoms with Crippen LogP contribution in [0.3, 0.4) is 0 Å². The van der Waals surface area contributed by atoms with E-state index in [2.05, 4.69) is 35.6 Å². The Morgan fingerprint density at radius 3 is 2.75 bits per heavy atom. The van der Waals surface area contributed by atoms with Gasteiger partial charge >= 0.3 is 0 Å². The number of nitrogens with zero attached hydrogens (tertiary/aromatic N) is 5. The molecule has 40 heavy (non-hydrogen) atoms. The lowest BCUT2D eigenvalue weighted by Gasteiger charge is -2.34. The van der Waals surface area contributed by atoms with E-state index in [-0.39, 0.29) is 29.7 Å². The number of nitrogens with one attached hydrogen (secondary N) is 2. The summed E-state index contributed by atoms with van der Waals surface area (Å²) in [6.45, 7) is 8.75. The maximum absolute atomic E-state index is 13.2. The minimum atomic E-state index is -0.312. The van der Waals surface area contributed by atoms with Gasteiger partial charge < -0.3 is 20.3 Å². The first-order valence-corrected chi connectivity index (χ1v) is 14.7. The van der Waals surface area contributed by atoms with Crippen LogP contribution in [0.4, 0.5) is 11.9 Å². The number of hydrogen-bond acceptors (Lipinski definition) is 8. The second-order valence-electron chi connectivity index (χ2n) is 11.2. The molecule has 0 radical (unpaired) electrons. The molecule has 4 heterocycles. The van der Waals surface area contributed by atoms with Crippen molar-refractivity contribution in [3.8, 4) is 0 Å². The number of ketones is 1. The van der Waals surface area contributed by atoms with Crippen molar-refractivity contribution in [1.82, 2.24) is 24.5 Å². The molecule has 0 aliphatic carbocycles. The molecule has 3 aromatic rings. The van der Waals surface area contributed by atoms with Gasteiger partial charge in [0.2, 0.25) is 17.8 Å². The zero-order chi connectivity index (χ0) is 28.1. The molecular formula is C30H41N7O3. The third kappa shape index (κ3) is 6.43. The summed E-state index contributed by atoms with van der Waals surface area (Å²) in [6, 6.07) is 7.92. The molecule has 0 spiro atoms. The predicted molar refractivity (Wildman–Crippen MR) is 154 cm³/mol. The minimum absolute atomic E-state index is 0.0660. The number of hydrogen-bond donors (Lipinski definition) is 2. The van der Waals surface area contributed by atoms with Gasteiger partial charge in [0.15, 0.2) is 11.4 Å². The van der Waals surface area contributed by atoms with Crippen molar-refractivity contribution in [3.63, 3.8) is 0 Å². The molecule has 2 saturated heterocycles. The normalized spacial score (nSPS) is 19.6. The fourth-order valence-electron chi connectivity index (χ4n) is 5.64. The number of carbonyl (C=O) groups is 2. The number of rotatable bonds is 10. The summed E-state index contributed by atoms with van der Waals surface area (Å²) < 4.78 is 7.39. The molecule has 2 aliphatic rings. The largest absolute Gasteiger partial charge is 0.379 e. The van der Waals surface area contributed by atoms with Crippen molar-refractivity contribution in [2.75, 3.05) is 30.4 Å². The van der Waals surface area contributed by atoms with Crippen LogP contribution in [-0.2, 0) is 27.3 Å². The van der Waals surface area contributed by atoms with Gasteiger partial charge in [-0.25, -0.2) is 0 Å². The molecule has 1 amide bonds. The van der Waals surface area contributed by atoms with Crippen LogP contribution in [0, 0.1) is 0 Å². The second-order valence-corrected chi connectivity index (χ2v) is 11.2. The van der Waals surface area contributed by atoms with E-state index in [0.717, 1.165) is 61.0 Å². The first-order chi connectivity index (χ1) is 19.4. The predicted octanol–water partition coefficient (Wildman–Crippen LogP) is 4.35. The van der Waals surface area contributed by atoms with Crippen molar-refractivity contribution >= 4 is 29.2 Å². The van der Waals surface area contributed by atoms with Crippen LogP contribution in [0.15, 0.2) is 30.5 Å². The molecule has 2 N–H and O–H groups in total. The smallest absolute Gasteiger partial charge is 0.229 e. The molecule has 0 saturated carbocycles. The van der Waals surface area contributed by atoms with Crippen molar-refractivity contribution in [2.45, 2.75) is 90.3 Å². The highest BCUT2D eigenvalue weighted by molar-refractivity contribution is 5.90. The van der Waals surface area contributed by atoms with Gasteiger partial charge in [-0.2, -0.15) is 19.6 Å². The maximum atomic E-state index is 13.2. The first-order valence-electron chi connectivity index (χ1n) is 14.7. The van der Waals surface area contributed by atoms with Gasteiger partial charge in [-0.15, -0.1) is 0 Å². The first kappa shape index (κ1) is 28.0. The number of carbonyl (C=O) groups excluding carboxylic acids is 2. The Morgan fingerprint density at radius 1 is 1.12 bits per heavy atom. The van der Waals surface area contributed by atoms with E-state index in [0.29, 0.717) is 44.4 Å². The van der Waals surface area contributed by atoms with Crippen LogP contribution in [0.5, 0.6) is 0 Å². The highest BCUT2D eigenvalue weighted by Crippen LogP contribution is 2.24. The average molecular weight is 548 g/mol. The number of fused-ring (bicyclic) bond motifs is 1. The van der Waals surface area contributed by atoms with E-state index in [1.807, 2.05) is 31.3 Å². The summed E-state index contributed by atoms with van der Waals surface area (Å²) >= 11 is 0. The van der Waals surface area contributed by atoms with Gasteiger partial charge in [-0.05, 0) is 49.1 Å². The second kappa shape index (κ2) is 12.8. The van der Waals surface area contributed by atoms with Crippen LogP contribution in [0.25, 0.3) is 5.65 Å². The number of Topliss-reactive ketones (excluding diaryl/α,β-unsaturated/α-hetero) is 1. The van der Waals surface area contributed by atoms with Crippen molar-refractivity contribution in [2.24, 2.45) is 0 Å². The summed E-state index contributed by atoms with van der Waals surface area (Å²) in [5.41, 5.74) is 3.83. The Labute approximate surface area is 235 Å². The average Bonchev–Trinajstić information content (AvgIpc) is 3.41. The number of likely N-dealkylation sites (tertiary alicyclic amines) is 1. The van der Waals surface area contributed by atoms with E-state index in [4.69, 9.17) is 14.7 Å². The van der Waals surface area contributed by atoms with Gasteiger partial charge in [-0.1, -0.05) is 45.0 Å². The van der Waals surface area contributed by atoms with E-state index in [1.54, 1.807) is 9.42 Å². The lowest BCUT2D eigenvalue weighted by molar-refractivity contribution is -0.140. The van der Waals surface area contributed by atoms with Crippen molar-refractivity contribution < 1.29 is 14.3 Å². The Kier molecular flexibility index (Phi) is 8.94.